The van der Waals surface area contributed by atoms with E-state index in [1.54, 1.807) is 36.4 Å². The van der Waals surface area contributed by atoms with Crippen molar-refractivity contribution in [3.05, 3.63) is 89.1 Å². The Labute approximate surface area is 166 Å². The number of hydrogen-bond donors (Lipinski definition) is 1. The van der Waals surface area contributed by atoms with Crippen molar-refractivity contribution in [2.45, 2.75) is 19.4 Å². The van der Waals surface area contributed by atoms with Gasteiger partial charge in [-0.2, -0.15) is 0 Å². The molecule has 29 heavy (non-hydrogen) atoms. The molecule has 0 fully saturated rings. The van der Waals surface area contributed by atoms with Gasteiger partial charge in [-0.05, 0) is 65.9 Å². The quantitative estimate of drug-likeness (QED) is 0.650. The first-order valence-electron chi connectivity index (χ1n) is 9.22. The number of nitrogens with zero attached hydrogens (tertiary/aromatic N) is 1. The Balaban J connectivity index is 1.62. The maximum atomic E-state index is 12.1. The standard InChI is InChI=1S/C23H18FNO4/c24-29-23(28)16-7-5-15(6-8-16)20-4-2-1-3-19(20)14-25-12-11-17-13-18(22(26)27)9-10-21(17)25/h3-13H,1-2,14H2,(H,26,27). The molecular formula is C23H18FNO4. The molecule has 1 heterocycles. The van der Waals surface area contributed by atoms with E-state index >= 15 is 0 Å². The summed E-state index contributed by atoms with van der Waals surface area (Å²) >= 11 is 0. The van der Waals surface area contributed by atoms with Crippen LogP contribution in [0.25, 0.3) is 16.5 Å². The highest BCUT2D eigenvalue weighted by atomic mass is 19.3. The molecule has 0 atom stereocenters. The van der Waals surface area contributed by atoms with Gasteiger partial charge in [-0.15, -0.1) is 0 Å². The Bertz CT molecular complexity index is 1160. The van der Waals surface area contributed by atoms with E-state index in [0.29, 0.717) is 6.54 Å². The summed E-state index contributed by atoms with van der Waals surface area (Å²) in [5.41, 5.74) is 4.53. The summed E-state index contributed by atoms with van der Waals surface area (Å²) < 4.78 is 14.2. The molecule has 1 N–H and O–H groups in total. The Kier molecular flexibility index (Phi) is 4.99. The van der Waals surface area contributed by atoms with Gasteiger partial charge in [0.15, 0.2) is 0 Å². The first-order chi connectivity index (χ1) is 14.1. The topological polar surface area (TPSA) is 68.5 Å². The third kappa shape index (κ3) is 3.69. The molecule has 1 aliphatic rings. The van der Waals surface area contributed by atoms with E-state index in [1.165, 1.54) is 0 Å². The number of rotatable bonds is 5. The molecule has 6 heteroatoms. The van der Waals surface area contributed by atoms with E-state index in [4.69, 9.17) is 5.11 Å². The Morgan fingerprint density at radius 3 is 2.45 bits per heavy atom. The van der Waals surface area contributed by atoms with Crippen molar-refractivity contribution >= 4 is 28.4 Å². The van der Waals surface area contributed by atoms with E-state index in [1.807, 2.05) is 18.3 Å². The Morgan fingerprint density at radius 1 is 1.00 bits per heavy atom. The van der Waals surface area contributed by atoms with Gasteiger partial charge < -0.3 is 9.67 Å². The van der Waals surface area contributed by atoms with Crippen LogP contribution in [0.3, 0.4) is 0 Å². The lowest BCUT2D eigenvalue weighted by atomic mass is 9.91. The highest BCUT2D eigenvalue weighted by Crippen LogP contribution is 2.31. The van der Waals surface area contributed by atoms with E-state index in [-0.39, 0.29) is 11.1 Å². The van der Waals surface area contributed by atoms with Crippen LogP contribution in [0.15, 0.2) is 72.5 Å². The fourth-order valence-electron chi connectivity index (χ4n) is 3.66. The smallest absolute Gasteiger partial charge is 0.379 e. The minimum absolute atomic E-state index is 0.156. The monoisotopic (exact) mass is 391 g/mol. The number of carbonyl (C=O) groups is 2. The number of carboxylic acids is 1. The van der Waals surface area contributed by atoms with Crippen LogP contribution in [-0.4, -0.2) is 21.6 Å². The van der Waals surface area contributed by atoms with Crippen molar-refractivity contribution in [1.29, 1.82) is 0 Å². The van der Waals surface area contributed by atoms with Gasteiger partial charge in [-0.3, -0.25) is 0 Å². The predicted octanol–water partition coefficient (Wildman–Crippen LogP) is 5.18. The number of fused-ring (bicyclic) bond motifs is 1. The average molecular weight is 391 g/mol. The molecule has 0 amide bonds. The van der Waals surface area contributed by atoms with Crippen molar-refractivity contribution in [2.24, 2.45) is 0 Å². The molecule has 3 aromatic rings. The van der Waals surface area contributed by atoms with Crippen LogP contribution >= 0.6 is 0 Å². The molecule has 0 spiro atoms. The zero-order valence-electron chi connectivity index (χ0n) is 15.5. The fourth-order valence-corrected chi connectivity index (χ4v) is 3.66. The highest BCUT2D eigenvalue weighted by molar-refractivity contribution is 5.94. The van der Waals surface area contributed by atoms with Crippen LogP contribution in [0.1, 0.15) is 39.1 Å². The van der Waals surface area contributed by atoms with Gasteiger partial charge in [0.2, 0.25) is 0 Å². The van der Waals surface area contributed by atoms with E-state index in [9.17, 15) is 14.1 Å². The summed E-state index contributed by atoms with van der Waals surface area (Å²) in [6.45, 7) is 0.635. The normalized spacial score (nSPS) is 13.7. The SMILES string of the molecule is O=C(O)c1ccc2c(ccn2CC2=CCCC=C2c2ccc(C(=O)OF)cc2)c1. The second-order valence-electron chi connectivity index (χ2n) is 6.89. The number of carboxylic acid groups (broad SMARTS) is 1. The third-order valence-electron chi connectivity index (χ3n) is 5.11. The van der Waals surface area contributed by atoms with Crippen LogP contribution in [0.5, 0.6) is 0 Å². The number of carbonyl (C=O) groups excluding carboxylic acids is 1. The highest BCUT2D eigenvalue weighted by Gasteiger charge is 2.15. The van der Waals surface area contributed by atoms with Crippen molar-refractivity contribution in [1.82, 2.24) is 4.57 Å². The Hall–Kier alpha value is -3.67. The summed E-state index contributed by atoms with van der Waals surface area (Å²) in [4.78, 5) is 25.8. The van der Waals surface area contributed by atoms with Crippen LogP contribution in [-0.2, 0) is 11.5 Å². The van der Waals surface area contributed by atoms with E-state index in [2.05, 4.69) is 21.7 Å². The average Bonchev–Trinajstić information content (AvgIpc) is 3.15. The van der Waals surface area contributed by atoms with Crippen molar-refractivity contribution < 1.29 is 24.2 Å². The third-order valence-corrected chi connectivity index (χ3v) is 5.11. The molecule has 1 aromatic heterocycles. The first kappa shape index (κ1) is 18.7. The molecule has 0 radical (unpaired) electrons. The lowest BCUT2D eigenvalue weighted by Gasteiger charge is -2.18. The number of halogens is 1. The molecule has 4 rings (SSSR count). The zero-order valence-corrected chi connectivity index (χ0v) is 15.5. The van der Waals surface area contributed by atoms with Crippen molar-refractivity contribution in [3.63, 3.8) is 0 Å². The minimum atomic E-state index is -1.01. The van der Waals surface area contributed by atoms with Gasteiger partial charge >= 0.3 is 11.9 Å². The van der Waals surface area contributed by atoms with Gasteiger partial charge in [0.25, 0.3) is 0 Å². The second kappa shape index (κ2) is 7.75. The van der Waals surface area contributed by atoms with Crippen molar-refractivity contribution in [3.8, 4) is 0 Å². The van der Waals surface area contributed by atoms with Crippen LogP contribution in [0, 0.1) is 0 Å². The van der Waals surface area contributed by atoms with Crippen LogP contribution < -0.4 is 0 Å². The Morgan fingerprint density at radius 2 is 1.72 bits per heavy atom. The number of benzene rings is 2. The summed E-state index contributed by atoms with van der Waals surface area (Å²) in [5, 5.41) is 10.0. The predicted molar refractivity (Wildman–Crippen MR) is 107 cm³/mol. The molecule has 0 saturated carbocycles. The molecule has 1 aliphatic carbocycles. The number of hydrogen-bond acceptors (Lipinski definition) is 3. The molecule has 5 nitrogen and oxygen atoms in total. The maximum Gasteiger partial charge on any atom is 0.379 e. The van der Waals surface area contributed by atoms with Gasteiger partial charge in [0.1, 0.15) is 0 Å². The molecule has 146 valence electrons. The second-order valence-corrected chi connectivity index (χ2v) is 6.89. The van der Waals surface area contributed by atoms with Gasteiger partial charge in [-0.25, -0.2) is 14.5 Å². The number of allylic oxidation sites excluding steroid dienone is 4. The number of aromatic carboxylic acids is 1. The van der Waals surface area contributed by atoms with Gasteiger partial charge in [0, 0.05) is 28.2 Å². The minimum Gasteiger partial charge on any atom is -0.478 e. The summed E-state index contributed by atoms with van der Waals surface area (Å²) in [5.74, 6) is -1.95. The van der Waals surface area contributed by atoms with Crippen LogP contribution in [0.4, 0.5) is 4.53 Å². The van der Waals surface area contributed by atoms with Gasteiger partial charge in [0.05, 0.1) is 11.1 Å². The molecular weight excluding hydrogens is 373 g/mol. The lowest BCUT2D eigenvalue weighted by molar-refractivity contribution is -0.0788. The molecule has 0 aliphatic heterocycles. The summed E-state index contributed by atoms with van der Waals surface area (Å²) in [6.07, 6.45) is 8.15. The largest absolute Gasteiger partial charge is 0.478 e. The van der Waals surface area contributed by atoms with Crippen LogP contribution in [0.2, 0.25) is 0 Å². The van der Waals surface area contributed by atoms with E-state index in [0.717, 1.165) is 40.5 Å². The zero-order chi connectivity index (χ0) is 20.4. The fraction of sp³-hybridized carbons (Fsp3) is 0.130. The first-order valence-corrected chi connectivity index (χ1v) is 9.22. The van der Waals surface area contributed by atoms with Crippen molar-refractivity contribution in [2.75, 3.05) is 0 Å². The molecule has 0 saturated heterocycles. The lowest BCUT2D eigenvalue weighted by Crippen LogP contribution is -2.05. The van der Waals surface area contributed by atoms with Gasteiger partial charge in [-0.1, -0.05) is 24.3 Å². The molecule has 0 unspecified atom stereocenters. The molecule has 2 aromatic carbocycles. The maximum absolute atomic E-state index is 12.1. The number of aromatic nitrogens is 1. The molecule has 0 bridgehead atoms. The van der Waals surface area contributed by atoms with E-state index < -0.39 is 11.9 Å². The summed E-state index contributed by atoms with van der Waals surface area (Å²) in [6, 6.07) is 13.7. The summed E-state index contributed by atoms with van der Waals surface area (Å²) in [7, 11) is 0.